The Morgan fingerprint density at radius 3 is 2.58 bits per heavy atom. The first-order valence-electron chi connectivity index (χ1n) is 8.22. The van der Waals surface area contributed by atoms with Crippen molar-refractivity contribution in [1.82, 2.24) is 9.88 Å². The minimum absolute atomic E-state index is 0.0733. The summed E-state index contributed by atoms with van der Waals surface area (Å²) in [6.07, 6.45) is 1.35. The van der Waals surface area contributed by atoms with Crippen LogP contribution in [-0.2, 0) is 0 Å². The van der Waals surface area contributed by atoms with Crippen LogP contribution in [0.15, 0.2) is 35.1 Å². The van der Waals surface area contributed by atoms with Gasteiger partial charge in [-0.1, -0.05) is 26.0 Å². The van der Waals surface area contributed by atoms with Gasteiger partial charge in [-0.05, 0) is 18.1 Å². The van der Waals surface area contributed by atoms with E-state index < -0.39 is 0 Å². The Hall–Kier alpha value is -2.50. The van der Waals surface area contributed by atoms with Crippen molar-refractivity contribution in [1.29, 1.82) is 0 Å². The molecule has 2 heterocycles. The number of piperazine rings is 1. The molecule has 128 valence electrons. The maximum absolute atomic E-state index is 12.7. The normalized spacial score (nSPS) is 15.0. The van der Waals surface area contributed by atoms with Crippen LogP contribution >= 0.6 is 0 Å². The van der Waals surface area contributed by atoms with Crippen LogP contribution in [0.5, 0.6) is 5.75 Å². The number of oxazole rings is 1. The third-order valence-corrected chi connectivity index (χ3v) is 4.33. The average molecular weight is 329 g/mol. The van der Waals surface area contributed by atoms with Gasteiger partial charge in [0.1, 0.15) is 5.75 Å². The maximum atomic E-state index is 12.7. The van der Waals surface area contributed by atoms with E-state index in [2.05, 4.69) is 9.88 Å². The quantitative estimate of drug-likeness (QED) is 0.863. The van der Waals surface area contributed by atoms with Crippen molar-refractivity contribution in [2.24, 2.45) is 0 Å². The number of anilines is 1. The van der Waals surface area contributed by atoms with Crippen LogP contribution in [0, 0.1) is 0 Å². The largest absolute Gasteiger partial charge is 0.495 e. The van der Waals surface area contributed by atoms with Crippen LogP contribution in [0.2, 0.25) is 0 Å². The van der Waals surface area contributed by atoms with E-state index in [1.165, 1.54) is 6.39 Å². The summed E-state index contributed by atoms with van der Waals surface area (Å²) in [5, 5.41) is 0. The molecule has 2 aromatic rings. The Morgan fingerprint density at radius 2 is 1.92 bits per heavy atom. The van der Waals surface area contributed by atoms with Crippen molar-refractivity contribution in [2.75, 3.05) is 38.2 Å². The lowest BCUT2D eigenvalue weighted by Gasteiger charge is -2.36. The molecule has 1 aliphatic rings. The summed E-state index contributed by atoms with van der Waals surface area (Å²) in [5.41, 5.74) is 1.79. The van der Waals surface area contributed by atoms with Gasteiger partial charge in [0.2, 0.25) is 5.76 Å². The number of aromatic nitrogens is 1. The zero-order valence-electron chi connectivity index (χ0n) is 14.4. The fourth-order valence-electron chi connectivity index (χ4n) is 3.01. The summed E-state index contributed by atoms with van der Waals surface area (Å²) in [6, 6.07) is 7.96. The fraction of sp³-hybridized carbons (Fsp3) is 0.444. The number of ether oxygens (including phenoxy) is 1. The molecule has 0 aliphatic carbocycles. The lowest BCUT2D eigenvalue weighted by atomic mass is 10.1. The van der Waals surface area contributed by atoms with Gasteiger partial charge in [-0.2, -0.15) is 0 Å². The van der Waals surface area contributed by atoms with Gasteiger partial charge in [0.25, 0.3) is 5.91 Å². The SMILES string of the molecule is COc1ccccc1N1CCN(C(=O)c2ocnc2C(C)C)CC1. The Balaban J connectivity index is 1.69. The molecular formula is C18H23N3O3. The van der Waals surface area contributed by atoms with E-state index in [0.717, 1.165) is 30.2 Å². The van der Waals surface area contributed by atoms with Gasteiger partial charge in [0.05, 0.1) is 18.5 Å². The highest BCUT2D eigenvalue weighted by atomic mass is 16.5. The predicted octanol–water partition coefficient (Wildman–Crippen LogP) is 2.77. The molecule has 1 aromatic carbocycles. The molecule has 1 amide bonds. The van der Waals surface area contributed by atoms with Gasteiger partial charge in [0.15, 0.2) is 6.39 Å². The number of para-hydroxylation sites is 2. The second-order valence-electron chi connectivity index (χ2n) is 6.17. The van der Waals surface area contributed by atoms with Crippen molar-refractivity contribution < 1.29 is 13.9 Å². The van der Waals surface area contributed by atoms with Crippen molar-refractivity contribution in [3.63, 3.8) is 0 Å². The predicted molar refractivity (Wildman–Crippen MR) is 91.7 cm³/mol. The molecule has 3 rings (SSSR count). The minimum atomic E-state index is -0.0733. The summed E-state index contributed by atoms with van der Waals surface area (Å²) in [4.78, 5) is 21.0. The summed E-state index contributed by atoms with van der Waals surface area (Å²) in [6.45, 7) is 6.83. The molecule has 1 aliphatic heterocycles. The second kappa shape index (κ2) is 6.95. The van der Waals surface area contributed by atoms with E-state index >= 15 is 0 Å². The number of methoxy groups -OCH3 is 1. The average Bonchev–Trinajstić information content (AvgIpc) is 3.11. The van der Waals surface area contributed by atoms with E-state index in [4.69, 9.17) is 9.15 Å². The van der Waals surface area contributed by atoms with Crippen LogP contribution < -0.4 is 9.64 Å². The van der Waals surface area contributed by atoms with Gasteiger partial charge < -0.3 is 19.0 Å². The number of benzene rings is 1. The van der Waals surface area contributed by atoms with E-state index in [1.807, 2.05) is 43.0 Å². The maximum Gasteiger partial charge on any atom is 0.291 e. The minimum Gasteiger partial charge on any atom is -0.495 e. The van der Waals surface area contributed by atoms with Crippen LogP contribution in [0.25, 0.3) is 0 Å². The number of carbonyl (C=O) groups is 1. The number of hydrogen-bond donors (Lipinski definition) is 0. The van der Waals surface area contributed by atoms with Crippen LogP contribution in [0.4, 0.5) is 5.69 Å². The van der Waals surface area contributed by atoms with Gasteiger partial charge >= 0.3 is 0 Å². The van der Waals surface area contributed by atoms with Crippen LogP contribution in [-0.4, -0.2) is 49.1 Å². The number of nitrogens with zero attached hydrogens (tertiary/aromatic N) is 3. The monoisotopic (exact) mass is 329 g/mol. The van der Waals surface area contributed by atoms with Gasteiger partial charge in [-0.3, -0.25) is 4.79 Å². The molecule has 1 fully saturated rings. The molecule has 0 spiro atoms. The van der Waals surface area contributed by atoms with E-state index in [0.29, 0.717) is 18.8 Å². The number of carbonyl (C=O) groups excluding carboxylic acids is 1. The molecule has 0 saturated carbocycles. The first-order valence-corrected chi connectivity index (χ1v) is 8.22. The molecular weight excluding hydrogens is 306 g/mol. The number of rotatable bonds is 4. The number of amides is 1. The van der Waals surface area contributed by atoms with Crippen LogP contribution in [0.3, 0.4) is 0 Å². The zero-order chi connectivity index (χ0) is 17.1. The lowest BCUT2D eigenvalue weighted by Crippen LogP contribution is -2.49. The molecule has 0 atom stereocenters. The molecule has 6 heteroatoms. The third-order valence-electron chi connectivity index (χ3n) is 4.33. The molecule has 24 heavy (non-hydrogen) atoms. The zero-order valence-corrected chi connectivity index (χ0v) is 14.4. The highest BCUT2D eigenvalue weighted by molar-refractivity contribution is 5.92. The van der Waals surface area contributed by atoms with E-state index in [9.17, 15) is 4.79 Å². The molecule has 1 saturated heterocycles. The summed E-state index contributed by atoms with van der Waals surface area (Å²) in [5.74, 6) is 1.32. The van der Waals surface area contributed by atoms with Crippen molar-refractivity contribution in [2.45, 2.75) is 19.8 Å². The Kier molecular flexibility index (Phi) is 4.74. The molecule has 0 bridgehead atoms. The fourth-order valence-corrected chi connectivity index (χ4v) is 3.01. The van der Waals surface area contributed by atoms with E-state index in [-0.39, 0.29) is 11.8 Å². The molecule has 0 radical (unpaired) electrons. The first kappa shape index (κ1) is 16.4. The summed E-state index contributed by atoms with van der Waals surface area (Å²) in [7, 11) is 1.68. The summed E-state index contributed by atoms with van der Waals surface area (Å²) < 4.78 is 10.8. The standard InChI is InChI=1S/C18H23N3O3/c1-13(2)16-17(24-12-19-16)18(22)21-10-8-20(9-11-21)14-6-4-5-7-15(14)23-3/h4-7,12-13H,8-11H2,1-3H3. The van der Waals surface area contributed by atoms with Gasteiger partial charge in [-0.15, -0.1) is 0 Å². The third kappa shape index (κ3) is 3.09. The van der Waals surface area contributed by atoms with Gasteiger partial charge in [-0.25, -0.2) is 4.98 Å². The summed E-state index contributed by atoms with van der Waals surface area (Å²) >= 11 is 0. The van der Waals surface area contributed by atoms with Crippen molar-refractivity contribution >= 4 is 11.6 Å². The molecule has 1 aromatic heterocycles. The highest BCUT2D eigenvalue weighted by Crippen LogP contribution is 2.28. The van der Waals surface area contributed by atoms with Crippen molar-refractivity contribution in [3.8, 4) is 5.75 Å². The molecule has 0 unspecified atom stereocenters. The molecule has 0 N–H and O–H groups in total. The second-order valence-corrected chi connectivity index (χ2v) is 6.17. The highest BCUT2D eigenvalue weighted by Gasteiger charge is 2.28. The topological polar surface area (TPSA) is 58.8 Å². The van der Waals surface area contributed by atoms with Gasteiger partial charge in [0, 0.05) is 26.2 Å². The lowest BCUT2D eigenvalue weighted by molar-refractivity contribution is 0.0712. The Bertz CT molecular complexity index is 703. The van der Waals surface area contributed by atoms with Crippen molar-refractivity contribution in [3.05, 3.63) is 42.1 Å². The van der Waals surface area contributed by atoms with Crippen LogP contribution in [0.1, 0.15) is 36.0 Å². The Labute approximate surface area is 142 Å². The Morgan fingerprint density at radius 1 is 1.21 bits per heavy atom. The molecule has 6 nitrogen and oxygen atoms in total. The first-order chi connectivity index (χ1) is 11.6. The van der Waals surface area contributed by atoms with E-state index in [1.54, 1.807) is 7.11 Å². The number of hydrogen-bond acceptors (Lipinski definition) is 5. The smallest absolute Gasteiger partial charge is 0.291 e.